The van der Waals surface area contributed by atoms with E-state index in [9.17, 15) is 24.3 Å². The molecule has 3 atom stereocenters. The number of fused-ring (bicyclic) bond motifs is 7. The molecule has 11 heteroatoms. The van der Waals surface area contributed by atoms with Gasteiger partial charge in [-0.05, 0) is 75.8 Å². The van der Waals surface area contributed by atoms with Crippen molar-refractivity contribution >= 4 is 76.9 Å². The number of ketones is 1. The third-order valence-electron chi connectivity index (χ3n) is 11.1. The third-order valence-corrected chi connectivity index (χ3v) is 11.1. The van der Waals surface area contributed by atoms with Crippen LogP contribution in [0.25, 0.3) is 35.2 Å². The Labute approximate surface area is 338 Å². The molecular formula is C44H48MgN4O6-2. The molecule has 3 aromatic heterocycles. The minimum atomic E-state index is -1.50. The molecule has 284 valence electrons. The summed E-state index contributed by atoms with van der Waals surface area (Å²) in [5, 5.41) is 16.6. The van der Waals surface area contributed by atoms with Crippen LogP contribution in [0.2, 0.25) is 0 Å². The number of esters is 1. The van der Waals surface area contributed by atoms with Crippen molar-refractivity contribution in [1.82, 2.24) is 15.0 Å². The van der Waals surface area contributed by atoms with Gasteiger partial charge in [-0.15, -0.1) is 33.5 Å². The second-order valence-electron chi connectivity index (χ2n) is 15.1. The summed E-state index contributed by atoms with van der Waals surface area (Å²) in [6.07, 6.45) is 14.0. The van der Waals surface area contributed by atoms with E-state index in [0.29, 0.717) is 69.1 Å². The average molecular weight is 753 g/mol. The first-order valence-electron chi connectivity index (χ1n) is 18.9. The zero-order valence-electron chi connectivity index (χ0n) is 32.9. The maximum atomic E-state index is 14.0. The van der Waals surface area contributed by atoms with Crippen molar-refractivity contribution in [2.45, 2.75) is 87.0 Å². The number of carboxylic acid groups (broad SMARTS) is 1. The van der Waals surface area contributed by atoms with Gasteiger partial charge in [0.05, 0.1) is 0 Å². The fourth-order valence-corrected chi connectivity index (χ4v) is 8.00. The van der Waals surface area contributed by atoms with E-state index in [1.54, 1.807) is 25.2 Å². The summed E-state index contributed by atoms with van der Waals surface area (Å²) >= 11 is 0. The maximum Gasteiger partial charge on any atom is 2.00 e. The van der Waals surface area contributed by atoms with Gasteiger partial charge in [0.1, 0.15) is 18.8 Å². The molecule has 0 radical (unpaired) electrons. The minimum absolute atomic E-state index is 0. The summed E-state index contributed by atoms with van der Waals surface area (Å²) < 4.78 is 5.61. The molecule has 6 rings (SSSR count). The molecule has 0 spiro atoms. The number of carbonyl (C=O) groups is 4. The topological polar surface area (TPSA) is 154 Å². The Morgan fingerprint density at radius 2 is 1.71 bits per heavy atom. The van der Waals surface area contributed by atoms with Crippen LogP contribution >= 0.6 is 0 Å². The number of ether oxygens (including phenoxy) is 1. The molecule has 1 aliphatic carbocycles. The van der Waals surface area contributed by atoms with E-state index in [1.807, 2.05) is 39.8 Å². The Bertz CT molecular complexity index is 2280. The van der Waals surface area contributed by atoms with Crippen LogP contribution in [0.5, 0.6) is 0 Å². The number of aliphatic carboxylic acids is 1. The fourth-order valence-electron chi connectivity index (χ4n) is 8.00. The smallest absolute Gasteiger partial charge is 0.664 e. The number of carbonyl (C=O) groups excluding carboxylic acids is 3. The largest absolute Gasteiger partial charge is 2.00 e. The number of allylic oxidation sites excluding steroid dienone is 3. The molecule has 0 unspecified atom stereocenters. The summed E-state index contributed by atoms with van der Waals surface area (Å²) in [4.78, 5) is 67.2. The van der Waals surface area contributed by atoms with Crippen molar-refractivity contribution in [3.63, 3.8) is 0 Å². The van der Waals surface area contributed by atoms with Crippen molar-refractivity contribution in [3.8, 4) is 0 Å². The van der Waals surface area contributed by atoms with Gasteiger partial charge in [-0.25, -0.2) is 0 Å². The second-order valence-corrected chi connectivity index (χ2v) is 15.1. The molecule has 10 nitrogen and oxygen atoms in total. The van der Waals surface area contributed by atoms with Gasteiger partial charge in [-0.3, -0.25) is 19.2 Å². The van der Waals surface area contributed by atoms with Crippen molar-refractivity contribution < 1.29 is 29.0 Å². The predicted octanol–water partition coefficient (Wildman–Crippen LogP) is 6.17. The van der Waals surface area contributed by atoms with Crippen molar-refractivity contribution in [1.29, 1.82) is 0 Å². The van der Waals surface area contributed by atoms with Crippen LogP contribution in [0.4, 0.5) is 0 Å². The molecule has 1 N–H and O–H groups in total. The van der Waals surface area contributed by atoms with Gasteiger partial charge >= 0.3 is 35.0 Å². The number of hydrogen-bond donors (Lipinski definition) is 1. The molecular weight excluding hydrogens is 705 g/mol. The molecule has 0 saturated carbocycles. The minimum Gasteiger partial charge on any atom is -0.664 e. The molecule has 8 bridgehead atoms. The first-order chi connectivity index (χ1) is 25.8. The summed E-state index contributed by atoms with van der Waals surface area (Å²) in [5.41, 5.74) is 8.09. The SMILES string of the molecule is C=Cc1c2[n-]c(c1C)/C=C1/[N-]/C(=C3\c4[n-]c(c(C)c4C(=O)[C@@H]3C(=O)O)/C=c3\[n-]/c(c(C=O)c3CC)=C\2)[C@@H](CCC(=O)OC/C=C(\C)CCCC(C)C)[C@@H]1C.[Mg+2]. The number of carboxylic acids is 1. The number of Topliss-reactive ketones (excluding diaryl/α,β-unsaturated/α-hetero) is 1. The zero-order valence-corrected chi connectivity index (χ0v) is 34.3. The second kappa shape index (κ2) is 17.0. The van der Waals surface area contributed by atoms with Gasteiger partial charge in [-0.2, -0.15) is 11.4 Å². The molecule has 3 aromatic rings. The maximum absolute atomic E-state index is 14.0. The summed E-state index contributed by atoms with van der Waals surface area (Å²) in [6.45, 7) is 18.3. The first kappa shape index (κ1) is 41.5. The van der Waals surface area contributed by atoms with Gasteiger partial charge in [-0.1, -0.05) is 92.8 Å². The van der Waals surface area contributed by atoms with E-state index in [2.05, 4.69) is 20.4 Å². The standard InChI is InChI=1S/C44H50N4O6.Mg/c1-9-27-24(6)31-18-32-25(7)29(14-15-37(50)54-17-16-23(5)13-11-12-22(3)4)41(47-32)39-40(44(52)53)43(51)38-26(8)33(48-42(38)39)19-35-28(10-2)30(21-49)36(46-35)20-34(27)45-31;/h9,16,18-22,25,29,40H,1,10-15,17H2,2-8H3,(H3,47,48,49,51,52,53);/q-2;+2/p-2/b23-16+,32-18+,36-20-;/t25-,29-,40+;/m0./s1. The third kappa shape index (κ3) is 7.91. The van der Waals surface area contributed by atoms with Crippen LogP contribution in [0.3, 0.4) is 0 Å². The molecule has 55 heavy (non-hydrogen) atoms. The van der Waals surface area contributed by atoms with Crippen molar-refractivity contribution in [2.24, 2.45) is 23.7 Å². The average Bonchev–Trinajstić information content (AvgIpc) is 3.87. The van der Waals surface area contributed by atoms with Crippen LogP contribution in [0.1, 0.15) is 132 Å². The van der Waals surface area contributed by atoms with E-state index in [1.165, 1.54) is 5.57 Å². The van der Waals surface area contributed by atoms with E-state index in [0.717, 1.165) is 42.2 Å². The Kier molecular flexibility index (Phi) is 12.9. The summed E-state index contributed by atoms with van der Waals surface area (Å²) in [7, 11) is 0. The number of hydrogen-bond acceptors (Lipinski definition) is 5. The van der Waals surface area contributed by atoms with Crippen LogP contribution in [0.15, 0.2) is 29.6 Å². The van der Waals surface area contributed by atoms with Crippen molar-refractivity contribution in [2.75, 3.05) is 6.61 Å². The molecule has 3 aliphatic rings. The van der Waals surface area contributed by atoms with E-state index < -0.39 is 23.6 Å². The van der Waals surface area contributed by atoms with Gasteiger partial charge in [0, 0.05) is 17.5 Å². The van der Waals surface area contributed by atoms with Crippen LogP contribution in [0, 0.1) is 37.5 Å². The number of aldehydes is 1. The Morgan fingerprint density at radius 3 is 2.36 bits per heavy atom. The summed E-state index contributed by atoms with van der Waals surface area (Å²) in [6, 6.07) is 0. The molecule has 1 fully saturated rings. The quantitative estimate of drug-likeness (QED) is 0.0710. The number of aromatic nitrogens is 3. The van der Waals surface area contributed by atoms with Crippen LogP contribution in [-0.4, -0.2) is 58.8 Å². The van der Waals surface area contributed by atoms with Gasteiger partial charge in [0.2, 0.25) is 0 Å². The van der Waals surface area contributed by atoms with E-state index in [4.69, 9.17) is 25.0 Å². The molecule has 1 saturated heterocycles. The monoisotopic (exact) mass is 752 g/mol. The molecule has 0 aromatic carbocycles. The first-order valence-corrected chi connectivity index (χ1v) is 18.9. The van der Waals surface area contributed by atoms with Crippen LogP contribution < -0.4 is 25.7 Å². The van der Waals surface area contributed by atoms with Gasteiger partial charge in [0.15, 0.2) is 5.78 Å². The zero-order chi connectivity index (χ0) is 39.0. The summed E-state index contributed by atoms with van der Waals surface area (Å²) in [5.74, 6) is -3.73. The normalized spacial score (nSPS) is 22.2. The van der Waals surface area contributed by atoms with Crippen molar-refractivity contribution in [3.05, 3.63) is 102 Å². The molecule has 0 amide bonds. The molecule has 2 aliphatic heterocycles. The Balaban J connectivity index is 0.00000580. The Morgan fingerprint density at radius 1 is 1.00 bits per heavy atom. The van der Waals surface area contributed by atoms with E-state index >= 15 is 0 Å². The number of rotatable bonds is 13. The van der Waals surface area contributed by atoms with Gasteiger partial charge in [0.25, 0.3) is 0 Å². The predicted molar refractivity (Wildman–Crippen MR) is 215 cm³/mol. The fraction of sp³-hybridized carbons (Fsp3) is 0.409. The Hall–Kier alpha value is -4.61. The van der Waals surface area contributed by atoms with Crippen LogP contribution in [-0.2, 0) is 20.7 Å². The van der Waals surface area contributed by atoms with Gasteiger partial charge < -0.3 is 30.1 Å². The molecule has 5 heterocycles. The van der Waals surface area contributed by atoms with E-state index in [-0.39, 0.29) is 64.8 Å². The number of nitrogens with zero attached hydrogens (tertiary/aromatic N) is 4.